The van der Waals surface area contributed by atoms with Crippen molar-refractivity contribution in [1.82, 2.24) is 10.2 Å². The number of nitrogens with zero attached hydrogens (tertiary/aromatic N) is 1. The van der Waals surface area contributed by atoms with Crippen molar-refractivity contribution in [3.05, 3.63) is 119 Å². The molecule has 1 atom stereocenters. The van der Waals surface area contributed by atoms with E-state index in [1.807, 2.05) is 80.6 Å². The van der Waals surface area contributed by atoms with Crippen LogP contribution in [-0.4, -0.2) is 29.3 Å². The largest absolute Gasteiger partial charge is 0.355 e. The average Bonchev–Trinajstić information content (AvgIpc) is 2.90. The van der Waals surface area contributed by atoms with Crippen molar-refractivity contribution in [3.63, 3.8) is 0 Å². The molecule has 0 bridgehead atoms. The number of carbonyl (C=O) groups is 2. The van der Waals surface area contributed by atoms with Gasteiger partial charge in [0.05, 0.1) is 0 Å². The molecule has 0 unspecified atom stereocenters. The summed E-state index contributed by atoms with van der Waals surface area (Å²) in [4.78, 5) is 28.9. The lowest BCUT2D eigenvalue weighted by molar-refractivity contribution is -0.141. The number of hydrogen-bond donors (Lipinski definition) is 1. The summed E-state index contributed by atoms with van der Waals surface area (Å²) in [6.45, 7) is 4.86. The highest BCUT2D eigenvalue weighted by Gasteiger charge is 2.30. The summed E-state index contributed by atoms with van der Waals surface area (Å²) >= 11 is 0. The van der Waals surface area contributed by atoms with Crippen molar-refractivity contribution in [3.8, 4) is 0 Å². The predicted molar refractivity (Wildman–Crippen MR) is 147 cm³/mol. The van der Waals surface area contributed by atoms with Gasteiger partial charge in [-0.1, -0.05) is 103 Å². The number of carbonyl (C=O) groups excluding carboxylic acids is 2. The first-order valence-electron chi connectivity index (χ1n) is 12.7. The van der Waals surface area contributed by atoms with Gasteiger partial charge in [0.15, 0.2) is 0 Å². The van der Waals surface area contributed by atoms with E-state index in [-0.39, 0.29) is 11.8 Å². The molecule has 0 fully saturated rings. The van der Waals surface area contributed by atoms with Crippen LogP contribution >= 0.6 is 0 Å². The monoisotopic (exact) mass is 478 g/mol. The molecule has 0 heterocycles. The first-order valence-corrected chi connectivity index (χ1v) is 12.7. The molecule has 184 valence electrons. The smallest absolute Gasteiger partial charge is 0.243 e. The van der Waals surface area contributed by atoms with Gasteiger partial charge in [-0.05, 0) is 47.7 Å². The Hall–Kier alpha value is -3.92. The molecule has 0 aliphatic heterocycles. The van der Waals surface area contributed by atoms with Crippen LogP contribution in [0.3, 0.4) is 0 Å². The fourth-order valence-electron chi connectivity index (χ4n) is 4.75. The van der Waals surface area contributed by atoms with Gasteiger partial charge < -0.3 is 10.2 Å². The Morgan fingerprint density at radius 3 is 2.31 bits per heavy atom. The average molecular weight is 479 g/mol. The molecule has 4 rings (SSSR count). The SMILES string of the molecule is CCNC(=O)[C@@H](Cc1ccccc1)N(Cc1cccc(C)c1)C(=O)CCc1cccc2ccccc12. The van der Waals surface area contributed by atoms with Crippen molar-refractivity contribution in [2.24, 2.45) is 0 Å². The van der Waals surface area contributed by atoms with Gasteiger partial charge in [0, 0.05) is 25.9 Å². The molecular formula is C32H34N2O2. The summed E-state index contributed by atoms with van der Waals surface area (Å²) < 4.78 is 0. The van der Waals surface area contributed by atoms with Gasteiger partial charge in [-0.25, -0.2) is 0 Å². The number of rotatable bonds is 10. The quantitative estimate of drug-likeness (QED) is 0.310. The van der Waals surface area contributed by atoms with E-state index in [2.05, 4.69) is 35.6 Å². The lowest BCUT2D eigenvalue weighted by Gasteiger charge is -2.31. The zero-order valence-electron chi connectivity index (χ0n) is 21.1. The summed E-state index contributed by atoms with van der Waals surface area (Å²) in [5.41, 5.74) is 4.34. The summed E-state index contributed by atoms with van der Waals surface area (Å²) in [6.07, 6.45) is 1.43. The van der Waals surface area contributed by atoms with Crippen LogP contribution in [0.25, 0.3) is 10.8 Å². The summed E-state index contributed by atoms with van der Waals surface area (Å²) in [7, 11) is 0. The van der Waals surface area contributed by atoms with Crippen molar-refractivity contribution in [2.45, 2.75) is 45.7 Å². The first kappa shape index (κ1) is 25.2. The van der Waals surface area contributed by atoms with Gasteiger partial charge >= 0.3 is 0 Å². The maximum atomic E-state index is 13.8. The molecule has 1 N–H and O–H groups in total. The molecule has 0 aliphatic carbocycles. The zero-order chi connectivity index (χ0) is 25.3. The topological polar surface area (TPSA) is 49.4 Å². The van der Waals surface area contributed by atoms with E-state index in [9.17, 15) is 9.59 Å². The number of nitrogens with one attached hydrogen (secondary N) is 1. The third-order valence-electron chi connectivity index (χ3n) is 6.55. The van der Waals surface area contributed by atoms with Gasteiger partial charge in [0.1, 0.15) is 6.04 Å². The molecular weight excluding hydrogens is 444 g/mol. The van der Waals surface area contributed by atoms with Crippen LogP contribution in [-0.2, 0) is 29.0 Å². The van der Waals surface area contributed by atoms with Gasteiger partial charge in [-0.2, -0.15) is 0 Å². The Kier molecular flexibility index (Phi) is 8.51. The molecule has 0 saturated carbocycles. The highest BCUT2D eigenvalue weighted by Crippen LogP contribution is 2.22. The van der Waals surface area contributed by atoms with Crippen LogP contribution in [0.5, 0.6) is 0 Å². The summed E-state index contributed by atoms with van der Waals surface area (Å²) in [6, 6.07) is 32.0. The van der Waals surface area contributed by atoms with Crippen molar-refractivity contribution < 1.29 is 9.59 Å². The fourth-order valence-corrected chi connectivity index (χ4v) is 4.75. The minimum absolute atomic E-state index is 0.0170. The van der Waals surface area contributed by atoms with E-state index in [1.165, 1.54) is 10.8 Å². The predicted octanol–water partition coefficient (Wildman–Crippen LogP) is 5.86. The molecule has 0 spiro atoms. The Morgan fingerprint density at radius 1 is 0.833 bits per heavy atom. The number of benzene rings is 4. The highest BCUT2D eigenvalue weighted by molar-refractivity contribution is 5.89. The van der Waals surface area contributed by atoms with Gasteiger partial charge in [0.25, 0.3) is 0 Å². The van der Waals surface area contributed by atoms with Crippen molar-refractivity contribution in [1.29, 1.82) is 0 Å². The van der Waals surface area contributed by atoms with Crippen LogP contribution in [0, 0.1) is 6.92 Å². The number of hydrogen-bond acceptors (Lipinski definition) is 2. The lowest BCUT2D eigenvalue weighted by atomic mass is 9.99. The van der Waals surface area contributed by atoms with E-state index >= 15 is 0 Å². The Morgan fingerprint density at radius 2 is 1.53 bits per heavy atom. The fraction of sp³-hybridized carbons (Fsp3) is 0.250. The second-order valence-corrected chi connectivity index (χ2v) is 9.25. The Balaban J connectivity index is 1.63. The second-order valence-electron chi connectivity index (χ2n) is 9.25. The summed E-state index contributed by atoms with van der Waals surface area (Å²) in [5, 5.41) is 5.30. The van der Waals surface area contributed by atoms with Crippen molar-refractivity contribution >= 4 is 22.6 Å². The van der Waals surface area contributed by atoms with Crippen LogP contribution < -0.4 is 5.32 Å². The standard InChI is InChI=1S/C32H34N2O2/c1-3-33-32(36)30(22-25-12-5-4-6-13-25)34(23-26-14-9-11-24(2)21-26)31(35)20-19-28-17-10-16-27-15-7-8-18-29(27)28/h4-18,21,30H,3,19-20,22-23H2,1-2H3,(H,33,36)/t30-/m1/s1. The molecule has 4 heteroatoms. The van der Waals surface area contributed by atoms with E-state index in [1.54, 1.807) is 4.90 Å². The molecule has 36 heavy (non-hydrogen) atoms. The van der Waals surface area contributed by atoms with E-state index in [0.717, 1.165) is 22.3 Å². The minimum atomic E-state index is -0.590. The molecule has 2 amide bonds. The minimum Gasteiger partial charge on any atom is -0.355 e. The first-order chi connectivity index (χ1) is 17.5. The lowest BCUT2D eigenvalue weighted by Crippen LogP contribution is -2.50. The molecule has 4 nitrogen and oxygen atoms in total. The van der Waals surface area contributed by atoms with Crippen LogP contribution in [0.4, 0.5) is 0 Å². The molecule has 0 aromatic heterocycles. The zero-order valence-corrected chi connectivity index (χ0v) is 21.1. The number of aryl methyl sites for hydroxylation is 2. The number of likely N-dealkylation sites (N-methyl/N-ethyl adjacent to an activating group) is 1. The van der Waals surface area contributed by atoms with Crippen LogP contribution in [0.15, 0.2) is 97.1 Å². The van der Waals surface area contributed by atoms with E-state index < -0.39 is 6.04 Å². The number of amides is 2. The Bertz CT molecular complexity index is 1310. The van der Waals surface area contributed by atoms with E-state index in [4.69, 9.17) is 0 Å². The molecule has 4 aromatic carbocycles. The third-order valence-corrected chi connectivity index (χ3v) is 6.55. The van der Waals surface area contributed by atoms with Gasteiger partial charge in [-0.15, -0.1) is 0 Å². The summed E-state index contributed by atoms with van der Waals surface area (Å²) in [5.74, 6) is -0.135. The van der Waals surface area contributed by atoms with Crippen LogP contribution in [0.2, 0.25) is 0 Å². The van der Waals surface area contributed by atoms with Gasteiger partial charge in [0.2, 0.25) is 11.8 Å². The molecule has 4 aromatic rings. The maximum absolute atomic E-state index is 13.8. The van der Waals surface area contributed by atoms with E-state index in [0.29, 0.717) is 32.4 Å². The highest BCUT2D eigenvalue weighted by atomic mass is 16.2. The second kappa shape index (κ2) is 12.2. The third kappa shape index (κ3) is 6.39. The molecule has 0 radical (unpaired) electrons. The molecule has 0 saturated heterocycles. The van der Waals surface area contributed by atoms with Gasteiger partial charge in [-0.3, -0.25) is 9.59 Å². The van der Waals surface area contributed by atoms with Crippen LogP contribution in [0.1, 0.15) is 35.6 Å². The number of fused-ring (bicyclic) bond motifs is 1. The normalized spacial score (nSPS) is 11.7. The molecule has 0 aliphatic rings. The van der Waals surface area contributed by atoms with Crippen molar-refractivity contribution in [2.75, 3.05) is 6.54 Å². The Labute approximate surface area is 214 Å². The maximum Gasteiger partial charge on any atom is 0.243 e.